The largest absolute Gasteiger partial charge is 0.380 e. The van der Waals surface area contributed by atoms with Gasteiger partial charge in [0.2, 0.25) is 0 Å². The number of halogens is 6. The second-order valence-electron chi connectivity index (χ2n) is 8.54. The summed E-state index contributed by atoms with van der Waals surface area (Å²) in [5.41, 5.74) is -1.66. The van der Waals surface area contributed by atoms with Crippen molar-refractivity contribution >= 4 is 39.9 Å². The summed E-state index contributed by atoms with van der Waals surface area (Å²) in [6.45, 7) is 8.07. The van der Waals surface area contributed by atoms with Gasteiger partial charge >= 0.3 is 17.8 Å². The fourth-order valence-electron chi connectivity index (χ4n) is 3.92. The number of rotatable bonds is 6. The van der Waals surface area contributed by atoms with Crippen LogP contribution < -0.4 is 0 Å². The summed E-state index contributed by atoms with van der Waals surface area (Å²) < 4.78 is 89.2. The molecule has 36 heavy (non-hydrogen) atoms. The molecule has 1 nitrogen and oxygen atoms in total. The molecule has 1 aliphatic carbocycles. The van der Waals surface area contributed by atoms with E-state index in [4.69, 9.17) is 5.26 Å². The van der Waals surface area contributed by atoms with Crippen LogP contribution in [0.4, 0.5) is 26.3 Å². The van der Waals surface area contributed by atoms with Crippen molar-refractivity contribution in [2.45, 2.75) is 52.4 Å². The molecule has 0 aliphatic heterocycles. The molecular weight excluding hydrogens is 516 g/mol. The summed E-state index contributed by atoms with van der Waals surface area (Å²) in [5, 5.41) is 8.63. The Morgan fingerprint density at radius 2 is 1.39 bits per heavy atom. The van der Waals surface area contributed by atoms with Gasteiger partial charge in [0, 0.05) is 36.7 Å². The maximum absolute atomic E-state index is 15.1. The number of aryl methyl sites for hydroxylation is 3. The van der Waals surface area contributed by atoms with Crippen LogP contribution in [-0.2, 0) is 0 Å². The number of nitriles is 1. The summed E-state index contributed by atoms with van der Waals surface area (Å²) in [6.07, 6.45) is 9.93. The van der Waals surface area contributed by atoms with Crippen LogP contribution >= 0.6 is 22.7 Å². The minimum absolute atomic E-state index is 0.235. The molecule has 0 fully saturated rings. The Morgan fingerprint density at radius 1 is 0.833 bits per heavy atom. The Morgan fingerprint density at radius 3 is 1.92 bits per heavy atom. The lowest BCUT2D eigenvalue weighted by Crippen LogP contribution is -2.48. The maximum Gasteiger partial charge on any atom is 0.380 e. The Bertz CT molecular complexity index is 1370. The van der Waals surface area contributed by atoms with Crippen LogP contribution in [0, 0.1) is 32.1 Å². The zero-order valence-corrected chi connectivity index (χ0v) is 21.8. The van der Waals surface area contributed by atoms with Crippen LogP contribution in [0.2, 0.25) is 0 Å². The summed E-state index contributed by atoms with van der Waals surface area (Å²) >= 11 is 2.14. The molecule has 0 spiro atoms. The van der Waals surface area contributed by atoms with E-state index in [1.807, 2.05) is 6.07 Å². The maximum atomic E-state index is 15.1. The lowest BCUT2D eigenvalue weighted by Gasteiger charge is -2.25. The molecular formula is C27H23F6NS2. The summed E-state index contributed by atoms with van der Waals surface area (Å²) in [5.74, 6) is -15.7. The van der Waals surface area contributed by atoms with E-state index in [-0.39, 0.29) is 20.9 Å². The second kappa shape index (κ2) is 9.91. The predicted molar refractivity (Wildman–Crippen MR) is 136 cm³/mol. The lowest BCUT2D eigenvalue weighted by molar-refractivity contribution is -0.254. The van der Waals surface area contributed by atoms with Gasteiger partial charge in [0.25, 0.3) is 0 Å². The van der Waals surface area contributed by atoms with Crippen molar-refractivity contribution < 1.29 is 26.3 Å². The van der Waals surface area contributed by atoms with Gasteiger partial charge in [-0.1, -0.05) is 29.9 Å². The molecule has 0 saturated carbocycles. The fourth-order valence-corrected chi connectivity index (χ4v) is 5.79. The topological polar surface area (TPSA) is 23.8 Å². The molecule has 2 aromatic heterocycles. The van der Waals surface area contributed by atoms with Crippen LogP contribution in [0.3, 0.4) is 0 Å². The first-order valence-electron chi connectivity index (χ1n) is 10.8. The van der Waals surface area contributed by atoms with Crippen LogP contribution in [0.25, 0.3) is 17.2 Å². The van der Waals surface area contributed by atoms with E-state index in [0.717, 1.165) is 33.8 Å². The smallest absolute Gasteiger partial charge is 0.194 e. The first kappa shape index (κ1) is 27.8. The molecule has 0 unspecified atom stereocenters. The predicted octanol–water partition coefficient (Wildman–Crippen LogP) is 9.55. The van der Waals surface area contributed by atoms with Gasteiger partial charge in [0.1, 0.15) is 0 Å². The molecule has 0 saturated heterocycles. The van der Waals surface area contributed by atoms with Gasteiger partial charge in [0.15, 0.2) is 0 Å². The quantitative estimate of drug-likeness (QED) is 0.204. The van der Waals surface area contributed by atoms with E-state index >= 15 is 8.78 Å². The van der Waals surface area contributed by atoms with Gasteiger partial charge < -0.3 is 0 Å². The molecule has 0 atom stereocenters. The molecule has 0 N–H and O–H groups in total. The van der Waals surface area contributed by atoms with Crippen molar-refractivity contribution in [3.8, 4) is 6.07 Å². The Labute approximate surface area is 214 Å². The highest BCUT2D eigenvalue weighted by Crippen LogP contribution is 2.65. The molecule has 2 heterocycles. The van der Waals surface area contributed by atoms with E-state index in [2.05, 4.69) is 0 Å². The van der Waals surface area contributed by atoms with Gasteiger partial charge in [-0.3, -0.25) is 0 Å². The van der Waals surface area contributed by atoms with E-state index in [1.165, 1.54) is 32.1 Å². The molecule has 1 aliphatic rings. The minimum atomic E-state index is -5.57. The van der Waals surface area contributed by atoms with Gasteiger partial charge in [-0.05, 0) is 69.5 Å². The highest BCUT2D eigenvalue weighted by molar-refractivity contribution is 7.13. The van der Waals surface area contributed by atoms with Crippen molar-refractivity contribution in [1.29, 1.82) is 5.26 Å². The van der Waals surface area contributed by atoms with Crippen molar-refractivity contribution in [2.75, 3.05) is 0 Å². The summed E-state index contributed by atoms with van der Waals surface area (Å²) in [7, 11) is 0. The van der Waals surface area contributed by atoms with E-state index < -0.39 is 28.9 Å². The monoisotopic (exact) mass is 539 g/mol. The lowest BCUT2D eigenvalue weighted by atomic mass is 9.95. The normalized spacial score (nSPS) is 19.6. The second-order valence-corrected chi connectivity index (χ2v) is 11.3. The van der Waals surface area contributed by atoms with Crippen molar-refractivity contribution in [3.05, 3.63) is 84.3 Å². The van der Waals surface area contributed by atoms with Crippen LogP contribution in [0.5, 0.6) is 0 Å². The third kappa shape index (κ3) is 4.76. The number of thiophene rings is 2. The summed E-state index contributed by atoms with van der Waals surface area (Å²) in [4.78, 5) is 1.52. The molecule has 0 bridgehead atoms. The van der Waals surface area contributed by atoms with E-state index in [1.54, 1.807) is 51.2 Å². The first-order chi connectivity index (χ1) is 16.6. The SMILES string of the molecule is CC(/C=C/C=C(C)/C=C/c1cc(C2=C(c3cc(C)sc3C)C(F)(F)C(F)(F)C2(F)F)c(C)s1)=C\C#N. The Hall–Kier alpha value is -2.83. The van der Waals surface area contributed by atoms with Crippen LogP contribution in [0.15, 0.2) is 53.7 Å². The van der Waals surface area contributed by atoms with Crippen LogP contribution in [-0.4, -0.2) is 17.8 Å². The molecule has 9 heteroatoms. The van der Waals surface area contributed by atoms with E-state index in [9.17, 15) is 17.6 Å². The van der Waals surface area contributed by atoms with E-state index in [0.29, 0.717) is 9.75 Å². The fraction of sp³-hybridized carbons (Fsp3) is 0.296. The van der Waals surface area contributed by atoms with Gasteiger partial charge in [-0.2, -0.15) is 31.6 Å². The average molecular weight is 540 g/mol. The highest BCUT2D eigenvalue weighted by atomic mass is 32.1. The number of alkyl halides is 6. The molecule has 0 radical (unpaired) electrons. The third-order valence-electron chi connectivity index (χ3n) is 5.70. The number of allylic oxidation sites excluding steroid dienone is 9. The molecule has 0 aromatic carbocycles. The van der Waals surface area contributed by atoms with Gasteiger partial charge in [0.05, 0.1) is 6.07 Å². The molecule has 0 amide bonds. The van der Waals surface area contributed by atoms with Gasteiger partial charge in [-0.25, -0.2) is 0 Å². The van der Waals surface area contributed by atoms with Crippen LogP contribution in [0.1, 0.15) is 44.5 Å². The zero-order valence-electron chi connectivity index (χ0n) is 20.2. The zero-order chi connectivity index (χ0) is 27.1. The average Bonchev–Trinajstić information content (AvgIpc) is 3.32. The van der Waals surface area contributed by atoms with Crippen molar-refractivity contribution in [3.63, 3.8) is 0 Å². The Balaban J connectivity index is 2.10. The first-order valence-corrected chi connectivity index (χ1v) is 12.4. The standard InChI is InChI=1S/C27H23F6NS2/c1-15(7-6-8-16(2)11-12-34)9-10-20-14-22(19(5)36-20)24-23(21-13-17(3)35-18(21)4)25(28,29)27(32,33)26(24,30)31/h6-11,13-14H,1-5H3/b8-6+,10-9+,15-7+,16-11+. The highest BCUT2D eigenvalue weighted by Gasteiger charge is 2.80. The molecule has 190 valence electrons. The van der Waals surface area contributed by atoms with Gasteiger partial charge in [-0.15, -0.1) is 22.7 Å². The van der Waals surface area contributed by atoms with Crippen molar-refractivity contribution in [1.82, 2.24) is 0 Å². The molecule has 3 rings (SSSR count). The number of nitrogens with zero attached hydrogens (tertiary/aromatic N) is 1. The van der Waals surface area contributed by atoms with Crippen molar-refractivity contribution in [2.24, 2.45) is 0 Å². The number of hydrogen-bond donors (Lipinski definition) is 0. The summed E-state index contributed by atoms with van der Waals surface area (Å²) in [6, 6.07) is 4.44. The molecule has 2 aromatic rings. The minimum Gasteiger partial charge on any atom is -0.194 e. The third-order valence-corrected chi connectivity index (χ3v) is 7.69. The number of hydrogen-bond acceptors (Lipinski definition) is 3. The Kier molecular flexibility index (Phi) is 7.64.